The number of hydrogen-bond acceptors (Lipinski definition) is 3. The Morgan fingerprint density at radius 3 is 2.12 bits per heavy atom. The molecule has 0 radical (unpaired) electrons. The number of unbranched alkanes of at least 4 members (excludes halogenated alkanes) is 3. The molecule has 104 valence electrons. The second-order valence-corrected chi connectivity index (χ2v) is 4.93. The summed E-state index contributed by atoms with van der Waals surface area (Å²) in [6, 6.07) is 0. The van der Waals surface area contributed by atoms with Crippen molar-refractivity contribution in [3.63, 3.8) is 0 Å². The molecule has 0 saturated carbocycles. The summed E-state index contributed by atoms with van der Waals surface area (Å²) in [5.41, 5.74) is 0. The van der Waals surface area contributed by atoms with Crippen LogP contribution in [0.3, 0.4) is 0 Å². The first-order chi connectivity index (χ1) is 8.27. The molecule has 0 aromatic carbocycles. The molecule has 0 aromatic rings. The van der Waals surface area contributed by atoms with Crippen molar-refractivity contribution in [1.29, 1.82) is 0 Å². The normalized spacial score (nSPS) is 11.3. The van der Waals surface area contributed by atoms with Gasteiger partial charge in [-0.1, -0.05) is 39.5 Å². The number of hydrogen-bond donors (Lipinski definition) is 1. The third-order valence-electron chi connectivity index (χ3n) is 2.69. The Morgan fingerprint density at radius 2 is 1.47 bits per heavy atom. The molecular formula is C14H31NO2. The van der Waals surface area contributed by atoms with Crippen LogP contribution in [-0.2, 0) is 9.47 Å². The lowest BCUT2D eigenvalue weighted by atomic mass is 10.0. The Labute approximate surface area is 107 Å². The minimum Gasteiger partial charge on any atom is -0.379 e. The lowest BCUT2D eigenvalue weighted by molar-refractivity contribution is 0.0477. The van der Waals surface area contributed by atoms with Crippen LogP contribution in [0.4, 0.5) is 0 Å². The van der Waals surface area contributed by atoms with Crippen LogP contribution in [0, 0.1) is 5.92 Å². The molecule has 0 amide bonds. The van der Waals surface area contributed by atoms with E-state index in [1.165, 1.54) is 32.1 Å². The van der Waals surface area contributed by atoms with Crippen LogP contribution in [0.5, 0.6) is 0 Å². The molecule has 0 aliphatic heterocycles. The highest BCUT2D eigenvalue weighted by molar-refractivity contribution is 4.47. The zero-order valence-corrected chi connectivity index (χ0v) is 12.0. The van der Waals surface area contributed by atoms with Crippen molar-refractivity contribution in [1.82, 2.24) is 5.32 Å². The van der Waals surface area contributed by atoms with Crippen LogP contribution in [0.2, 0.25) is 0 Å². The summed E-state index contributed by atoms with van der Waals surface area (Å²) >= 11 is 0. The van der Waals surface area contributed by atoms with Gasteiger partial charge in [-0.3, -0.25) is 0 Å². The largest absolute Gasteiger partial charge is 0.379 e. The van der Waals surface area contributed by atoms with Gasteiger partial charge in [0.25, 0.3) is 0 Å². The summed E-state index contributed by atoms with van der Waals surface area (Å²) in [7, 11) is 1.93. The van der Waals surface area contributed by atoms with E-state index in [4.69, 9.17) is 9.47 Å². The highest BCUT2D eigenvalue weighted by atomic mass is 16.5. The SMILES string of the molecule is CNCCOCCOCCCCCCC(C)C. The van der Waals surface area contributed by atoms with Crippen molar-refractivity contribution < 1.29 is 9.47 Å². The first-order valence-electron chi connectivity index (χ1n) is 7.07. The maximum Gasteiger partial charge on any atom is 0.0701 e. The lowest BCUT2D eigenvalue weighted by Crippen LogP contribution is -2.16. The second-order valence-electron chi connectivity index (χ2n) is 4.93. The zero-order chi connectivity index (χ0) is 12.8. The summed E-state index contributed by atoms with van der Waals surface area (Å²) in [6.07, 6.45) is 6.56. The molecule has 0 rings (SSSR count). The number of nitrogens with one attached hydrogen (secondary N) is 1. The summed E-state index contributed by atoms with van der Waals surface area (Å²) in [5.74, 6) is 0.848. The van der Waals surface area contributed by atoms with Gasteiger partial charge in [0.1, 0.15) is 0 Å². The van der Waals surface area contributed by atoms with Crippen molar-refractivity contribution in [2.75, 3.05) is 40.0 Å². The fourth-order valence-corrected chi connectivity index (χ4v) is 1.61. The minimum absolute atomic E-state index is 0.717. The first kappa shape index (κ1) is 16.9. The predicted molar refractivity (Wildman–Crippen MR) is 73.5 cm³/mol. The minimum atomic E-state index is 0.717. The van der Waals surface area contributed by atoms with Crippen molar-refractivity contribution in [3.8, 4) is 0 Å². The molecule has 17 heavy (non-hydrogen) atoms. The average molecular weight is 245 g/mol. The summed E-state index contributed by atoms with van der Waals surface area (Å²) in [5, 5.41) is 3.04. The van der Waals surface area contributed by atoms with Gasteiger partial charge in [0, 0.05) is 13.2 Å². The van der Waals surface area contributed by atoms with Gasteiger partial charge in [-0.2, -0.15) is 0 Å². The Balaban J connectivity index is 2.89. The molecule has 1 N–H and O–H groups in total. The van der Waals surface area contributed by atoms with E-state index in [-0.39, 0.29) is 0 Å². The van der Waals surface area contributed by atoms with E-state index in [9.17, 15) is 0 Å². The molecule has 3 nitrogen and oxygen atoms in total. The van der Waals surface area contributed by atoms with Crippen molar-refractivity contribution in [2.45, 2.75) is 46.0 Å². The van der Waals surface area contributed by atoms with E-state index < -0.39 is 0 Å². The smallest absolute Gasteiger partial charge is 0.0701 e. The van der Waals surface area contributed by atoms with Gasteiger partial charge in [0.15, 0.2) is 0 Å². The van der Waals surface area contributed by atoms with Crippen molar-refractivity contribution in [2.24, 2.45) is 5.92 Å². The zero-order valence-electron chi connectivity index (χ0n) is 12.0. The van der Waals surface area contributed by atoms with E-state index >= 15 is 0 Å². The Morgan fingerprint density at radius 1 is 0.824 bits per heavy atom. The quantitative estimate of drug-likeness (QED) is 0.506. The van der Waals surface area contributed by atoms with Gasteiger partial charge in [-0.25, -0.2) is 0 Å². The van der Waals surface area contributed by atoms with Crippen LogP contribution in [0.15, 0.2) is 0 Å². The van der Waals surface area contributed by atoms with Gasteiger partial charge in [-0.05, 0) is 19.4 Å². The maximum atomic E-state index is 5.50. The number of ether oxygens (including phenoxy) is 2. The van der Waals surface area contributed by atoms with Crippen LogP contribution in [0.1, 0.15) is 46.0 Å². The van der Waals surface area contributed by atoms with E-state index in [0.29, 0.717) is 0 Å². The number of rotatable bonds is 13. The second kappa shape index (κ2) is 13.9. The average Bonchev–Trinajstić information content (AvgIpc) is 2.30. The Hall–Kier alpha value is -0.120. The summed E-state index contributed by atoms with van der Waals surface area (Å²) in [4.78, 5) is 0. The predicted octanol–water partition coefficient (Wildman–Crippen LogP) is 2.85. The lowest BCUT2D eigenvalue weighted by Gasteiger charge is -2.06. The maximum absolute atomic E-state index is 5.50. The molecular weight excluding hydrogens is 214 g/mol. The molecule has 0 atom stereocenters. The molecule has 0 heterocycles. The molecule has 0 saturated heterocycles. The van der Waals surface area contributed by atoms with Crippen LogP contribution in [-0.4, -0.2) is 40.0 Å². The summed E-state index contributed by atoms with van der Waals surface area (Å²) < 4.78 is 10.9. The monoisotopic (exact) mass is 245 g/mol. The third-order valence-corrected chi connectivity index (χ3v) is 2.69. The highest BCUT2D eigenvalue weighted by Gasteiger charge is 1.95. The van der Waals surface area contributed by atoms with Gasteiger partial charge >= 0.3 is 0 Å². The number of likely N-dealkylation sites (N-methyl/N-ethyl adjacent to an activating group) is 1. The third kappa shape index (κ3) is 15.9. The summed E-state index contributed by atoms with van der Waals surface area (Å²) in [6.45, 7) is 8.60. The molecule has 0 aromatic heterocycles. The molecule has 0 bridgehead atoms. The van der Waals surface area contributed by atoms with E-state index in [1.54, 1.807) is 0 Å². The van der Waals surface area contributed by atoms with E-state index in [1.807, 2.05) is 7.05 Å². The van der Waals surface area contributed by atoms with Crippen molar-refractivity contribution in [3.05, 3.63) is 0 Å². The topological polar surface area (TPSA) is 30.5 Å². The molecule has 0 aliphatic rings. The van der Waals surface area contributed by atoms with Crippen LogP contribution < -0.4 is 5.32 Å². The Bertz CT molecular complexity index is 140. The highest BCUT2D eigenvalue weighted by Crippen LogP contribution is 2.09. The van der Waals surface area contributed by atoms with Crippen LogP contribution >= 0.6 is 0 Å². The van der Waals surface area contributed by atoms with Gasteiger partial charge in [0.2, 0.25) is 0 Å². The first-order valence-corrected chi connectivity index (χ1v) is 7.07. The molecule has 3 heteroatoms. The standard InChI is InChI=1S/C14H31NO2/c1-14(2)8-6-4-5-7-10-16-12-13-17-11-9-15-3/h14-15H,4-13H2,1-3H3. The van der Waals surface area contributed by atoms with Gasteiger partial charge in [0.05, 0.1) is 19.8 Å². The van der Waals surface area contributed by atoms with E-state index in [0.717, 1.165) is 38.9 Å². The van der Waals surface area contributed by atoms with Gasteiger partial charge < -0.3 is 14.8 Å². The molecule has 0 fully saturated rings. The molecule has 0 spiro atoms. The van der Waals surface area contributed by atoms with E-state index in [2.05, 4.69) is 19.2 Å². The van der Waals surface area contributed by atoms with Gasteiger partial charge in [-0.15, -0.1) is 0 Å². The fourth-order valence-electron chi connectivity index (χ4n) is 1.61. The fraction of sp³-hybridized carbons (Fsp3) is 1.00. The van der Waals surface area contributed by atoms with Crippen LogP contribution in [0.25, 0.3) is 0 Å². The van der Waals surface area contributed by atoms with Crippen molar-refractivity contribution >= 4 is 0 Å². The molecule has 0 aliphatic carbocycles. The Kier molecular flexibility index (Phi) is 13.8. The molecule has 0 unspecified atom stereocenters.